The topological polar surface area (TPSA) is 81.5 Å². The van der Waals surface area contributed by atoms with E-state index in [0.717, 1.165) is 0 Å². The first-order valence-electron chi connectivity index (χ1n) is 6.10. The molecule has 0 aromatic heterocycles. The summed E-state index contributed by atoms with van der Waals surface area (Å²) in [5.74, 6) is -0.196. The van der Waals surface area contributed by atoms with Gasteiger partial charge in [-0.2, -0.15) is 0 Å². The highest BCUT2D eigenvalue weighted by Gasteiger charge is 2.16. The van der Waals surface area contributed by atoms with E-state index >= 15 is 0 Å². The van der Waals surface area contributed by atoms with E-state index in [-0.39, 0.29) is 30.2 Å². The van der Waals surface area contributed by atoms with Crippen molar-refractivity contribution in [2.45, 2.75) is 32.4 Å². The molecule has 1 amide bonds. The molecule has 0 fully saturated rings. The van der Waals surface area contributed by atoms with Crippen molar-refractivity contribution in [3.05, 3.63) is 38.3 Å². The predicted molar refractivity (Wildman–Crippen MR) is 78.6 cm³/mol. The van der Waals surface area contributed by atoms with Gasteiger partial charge in [-0.1, -0.05) is 6.07 Å². The Balaban J connectivity index is 2.71. The van der Waals surface area contributed by atoms with E-state index < -0.39 is 4.92 Å². The number of amides is 1. The van der Waals surface area contributed by atoms with E-state index in [9.17, 15) is 14.9 Å². The number of hydrogen-bond acceptors (Lipinski definition) is 4. The average Bonchev–Trinajstić information content (AvgIpc) is 2.39. The lowest BCUT2D eigenvalue weighted by atomic mass is 10.1. The molecule has 20 heavy (non-hydrogen) atoms. The van der Waals surface area contributed by atoms with Crippen molar-refractivity contribution in [3.63, 3.8) is 0 Å². The largest absolute Gasteiger partial charge is 0.380 e. The van der Waals surface area contributed by atoms with Crippen molar-refractivity contribution in [1.82, 2.24) is 5.32 Å². The molecule has 0 radical (unpaired) electrons. The van der Waals surface area contributed by atoms with Crippen LogP contribution in [0.3, 0.4) is 0 Å². The Bertz CT molecular complexity index is 507. The van der Waals surface area contributed by atoms with Crippen LogP contribution in [0.2, 0.25) is 0 Å². The van der Waals surface area contributed by atoms with Crippen LogP contribution in [0.5, 0.6) is 0 Å². The van der Waals surface area contributed by atoms with Crippen LogP contribution >= 0.6 is 15.9 Å². The van der Waals surface area contributed by atoms with Crippen molar-refractivity contribution in [2.24, 2.45) is 0 Å². The standard InChI is InChI=1S/C13H17BrN2O4/c1-8(9(2)20-3)15-13(17)7-10-4-5-11(14)12(6-10)16(18)19/h4-6,8-9H,7H2,1-3H3,(H,15,17)/t8-,9?/m0/s1. The number of halogens is 1. The zero-order valence-corrected chi connectivity index (χ0v) is 13.1. The van der Waals surface area contributed by atoms with E-state index in [1.54, 1.807) is 19.2 Å². The molecule has 1 unspecified atom stereocenters. The van der Waals surface area contributed by atoms with Gasteiger partial charge in [-0.15, -0.1) is 0 Å². The summed E-state index contributed by atoms with van der Waals surface area (Å²) in [5.41, 5.74) is 0.545. The molecular formula is C13H17BrN2O4. The lowest BCUT2D eigenvalue weighted by Crippen LogP contribution is -2.41. The zero-order chi connectivity index (χ0) is 15.3. The summed E-state index contributed by atoms with van der Waals surface area (Å²) in [6.07, 6.45) is -0.00673. The molecule has 6 nitrogen and oxygen atoms in total. The zero-order valence-electron chi connectivity index (χ0n) is 11.6. The van der Waals surface area contributed by atoms with E-state index in [4.69, 9.17) is 4.74 Å². The second-order valence-corrected chi connectivity index (χ2v) is 5.37. The molecule has 1 N–H and O–H groups in total. The Kier molecular flexibility index (Phi) is 6.09. The van der Waals surface area contributed by atoms with Crippen LogP contribution in [0.4, 0.5) is 5.69 Å². The van der Waals surface area contributed by atoms with Crippen molar-refractivity contribution < 1.29 is 14.5 Å². The number of methoxy groups -OCH3 is 1. The Hall–Kier alpha value is -1.47. The molecular weight excluding hydrogens is 328 g/mol. The van der Waals surface area contributed by atoms with Crippen LogP contribution in [0.15, 0.2) is 22.7 Å². The van der Waals surface area contributed by atoms with Gasteiger partial charge in [-0.05, 0) is 41.4 Å². The van der Waals surface area contributed by atoms with Gasteiger partial charge >= 0.3 is 0 Å². The van der Waals surface area contributed by atoms with Gasteiger partial charge in [0.05, 0.1) is 28.0 Å². The van der Waals surface area contributed by atoms with Crippen molar-refractivity contribution in [3.8, 4) is 0 Å². The fraction of sp³-hybridized carbons (Fsp3) is 0.462. The van der Waals surface area contributed by atoms with Gasteiger partial charge in [-0.3, -0.25) is 14.9 Å². The third-order valence-electron chi connectivity index (χ3n) is 3.04. The van der Waals surface area contributed by atoms with Crippen molar-refractivity contribution in [1.29, 1.82) is 0 Å². The van der Waals surface area contributed by atoms with Gasteiger partial charge in [0.1, 0.15) is 0 Å². The summed E-state index contributed by atoms with van der Waals surface area (Å²) in [4.78, 5) is 22.2. The lowest BCUT2D eigenvalue weighted by Gasteiger charge is -2.19. The van der Waals surface area contributed by atoms with E-state index in [1.165, 1.54) is 6.07 Å². The van der Waals surface area contributed by atoms with Crippen LogP contribution in [-0.4, -0.2) is 30.1 Å². The van der Waals surface area contributed by atoms with Gasteiger partial charge in [0.25, 0.3) is 5.69 Å². The van der Waals surface area contributed by atoms with Crippen LogP contribution in [0, 0.1) is 10.1 Å². The second kappa shape index (κ2) is 7.35. The van der Waals surface area contributed by atoms with E-state index in [2.05, 4.69) is 21.2 Å². The fourth-order valence-corrected chi connectivity index (χ4v) is 2.01. The minimum Gasteiger partial charge on any atom is -0.380 e. The smallest absolute Gasteiger partial charge is 0.283 e. The molecule has 0 aliphatic rings. The molecule has 1 aromatic carbocycles. The Morgan fingerprint density at radius 1 is 1.50 bits per heavy atom. The number of nitrogens with zero attached hydrogens (tertiary/aromatic N) is 1. The number of nitro groups is 1. The van der Waals surface area contributed by atoms with Crippen LogP contribution < -0.4 is 5.32 Å². The molecule has 110 valence electrons. The van der Waals surface area contributed by atoms with E-state index in [0.29, 0.717) is 10.0 Å². The number of nitro benzene ring substituents is 1. The minimum absolute atomic E-state index is 0.0476. The maximum Gasteiger partial charge on any atom is 0.283 e. The molecule has 2 atom stereocenters. The predicted octanol–water partition coefficient (Wildman–Crippen LogP) is 2.44. The van der Waals surface area contributed by atoms with Crippen LogP contribution in [0.25, 0.3) is 0 Å². The molecule has 0 aliphatic carbocycles. The molecule has 0 saturated heterocycles. The average molecular weight is 345 g/mol. The van der Waals surface area contributed by atoms with Crippen LogP contribution in [0.1, 0.15) is 19.4 Å². The molecule has 0 spiro atoms. The third-order valence-corrected chi connectivity index (χ3v) is 3.71. The third kappa shape index (κ3) is 4.57. The van der Waals surface area contributed by atoms with Crippen molar-refractivity contribution in [2.75, 3.05) is 7.11 Å². The summed E-state index contributed by atoms with van der Waals surface area (Å²) >= 11 is 3.11. The number of hydrogen-bond donors (Lipinski definition) is 1. The Morgan fingerprint density at radius 3 is 2.70 bits per heavy atom. The first kappa shape index (κ1) is 16.6. The second-order valence-electron chi connectivity index (χ2n) is 4.52. The molecule has 0 aliphatic heterocycles. The number of ether oxygens (including phenoxy) is 1. The van der Waals surface area contributed by atoms with Gasteiger partial charge in [0.15, 0.2) is 0 Å². The highest BCUT2D eigenvalue weighted by Crippen LogP contribution is 2.25. The van der Waals surface area contributed by atoms with Gasteiger partial charge in [0, 0.05) is 13.2 Å². The summed E-state index contributed by atoms with van der Waals surface area (Å²) < 4.78 is 5.52. The lowest BCUT2D eigenvalue weighted by molar-refractivity contribution is -0.385. The maximum atomic E-state index is 11.9. The number of rotatable bonds is 6. The van der Waals surface area contributed by atoms with Crippen molar-refractivity contribution >= 4 is 27.5 Å². The van der Waals surface area contributed by atoms with E-state index in [1.807, 2.05) is 13.8 Å². The first-order chi connectivity index (χ1) is 9.35. The number of nitrogens with one attached hydrogen (secondary N) is 1. The monoisotopic (exact) mass is 344 g/mol. The minimum atomic E-state index is -0.485. The Morgan fingerprint density at radius 2 is 2.15 bits per heavy atom. The summed E-state index contributed by atoms with van der Waals surface area (Å²) in [6, 6.07) is 4.52. The summed E-state index contributed by atoms with van der Waals surface area (Å²) in [7, 11) is 1.57. The number of carbonyl (C=O) groups excluding carboxylic acids is 1. The van der Waals surface area contributed by atoms with Gasteiger partial charge < -0.3 is 10.1 Å². The quantitative estimate of drug-likeness (QED) is 0.634. The van der Waals surface area contributed by atoms with Crippen LogP contribution in [-0.2, 0) is 16.0 Å². The molecule has 1 rings (SSSR count). The first-order valence-corrected chi connectivity index (χ1v) is 6.89. The molecule has 0 heterocycles. The fourth-order valence-electron chi connectivity index (χ4n) is 1.62. The maximum absolute atomic E-state index is 11.9. The highest BCUT2D eigenvalue weighted by molar-refractivity contribution is 9.10. The molecule has 0 bridgehead atoms. The number of benzene rings is 1. The SMILES string of the molecule is COC(C)[C@H](C)NC(=O)Cc1ccc(Br)c([N+](=O)[O-])c1. The highest BCUT2D eigenvalue weighted by atomic mass is 79.9. The van der Waals surface area contributed by atoms with Gasteiger partial charge in [0.2, 0.25) is 5.91 Å². The molecule has 0 saturated carbocycles. The summed E-state index contributed by atoms with van der Waals surface area (Å²) in [6.45, 7) is 3.70. The molecule has 1 aromatic rings. The Labute approximate surface area is 125 Å². The normalized spacial score (nSPS) is 13.6. The molecule has 7 heteroatoms. The number of carbonyl (C=O) groups is 1. The summed E-state index contributed by atoms with van der Waals surface area (Å²) in [5, 5.41) is 13.6. The van der Waals surface area contributed by atoms with Gasteiger partial charge in [-0.25, -0.2) is 0 Å².